The number of nitrogens with zero attached hydrogens (tertiary/aromatic N) is 1. The van der Waals surface area contributed by atoms with Crippen molar-refractivity contribution in [1.82, 2.24) is 5.32 Å². The van der Waals surface area contributed by atoms with Gasteiger partial charge in [-0.15, -0.1) is 0 Å². The van der Waals surface area contributed by atoms with E-state index in [1.807, 2.05) is 6.92 Å². The predicted molar refractivity (Wildman–Crippen MR) is 81.1 cm³/mol. The molecule has 20 heavy (non-hydrogen) atoms. The smallest absolute Gasteiger partial charge is 0.0861 e. The van der Waals surface area contributed by atoms with Crippen LogP contribution in [0.2, 0.25) is 0 Å². The van der Waals surface area contributed by atoms with Crippen LogP contribution in [-0.2, 0) is 0 Å². The molecule has 114 valence electrons. The van der Waals surface area contributed by atoms with Crippen LogP contribution >= 0.6 is 0 Å². The fourth-order valence-corrected chi connectivity index (χ4v) is 4.32. The van der Waals surface area contributed by atoms with Gasteiger partial charge in [0, 0.05) is 12.5 Å². The summed E-state index contributed by atoms with van der Waals surface area (Å²) in [5.74, 6) is 0.986. The molecule has 0 amide bonds. The minimum Gasteiger partial charge on any atom is -0.388 e. The highest BCUT2D eigenvalue weighted by atomic mass is 16.3. The molecule has 3 heteroatoms. The maximum Gasteiger partial charge on any atom is 0.0861 e. The number of piperidine rings is 1. The van der Waals surface area contributed by atoms with Gasteiger partial charge in [0.1, 0.15) is 0 Å². The second kappa shape index (κ2) is 6.45. The van der Waals surface area contributed by atoms with Gasteiger partial charge in [0.05, 0.1) is 17.1 Å². The van der Waals surface area contributed by atoms with Crippen molar-refractivity contribution in [3.8, 4) is 6.07 Å². The summed E-state index contributed by atoms with van der Waals surface area (Å²) in [5.41, 5.74) is -1.38. The van der Waals surface area contributed by atoms with Crippen LogP contribution in [-0.4, -0.2) is 23.8 Å². The third-order valence-electron chi connectivity index (χ3n) is 5.93. The third kappa shape index (κ3) is 2.87. The molecule has 0 aromatic carbocycles. The second-order valence-electron chi connectivity index (χ2n) is 7.12. The van der Waals surface area contributed by atoms with Crippen molar-refractivity contribution < 1.29 is 5.11 Å². The summed E-state index contributed by atoms with van der Waals surface area (Å²) in [6.07, 6.45) is 8.62. The highest BCUT2D eigenvalue weighted by molar-refractivity contribution is 5.14. The number of rotatable bonds is 4. The van der Waals surface area contributed by atoms with Crippen LogP contribution in [0.5, 0.6) is 0 Å². The first-order valence-corrected chi connectivity index (χ1v) is 8.40. The maximum absolute atomic E-state index is 11.2. The van der Waals surface area contributed by atoms with Crippen LogP contribution in [0.3, 0.4) is 0 Å². The van der Waals surface area contributed by atoms with Gasteiger partial charge in [-0.1, -0.05) is 19.8 Å². The Morgan fingerprint density at radius 1 is 1.35 bits per heavy atom. The maximum atomic E-state index is 11.2. The summed E-state index contributed by atoms with van der Waals surface area (Å²) in [7, 11) is 0. The van der Waals surface area contributed by atoms with Gasteiger partial charge < -0.3 is 10.4 Å². The molecule has 2 atom stereocenters. The Morgan fingerprint density at radius 3 is 2.55 bits per heavy atom. The average molecular weight is 278 g/mol. The molecular weight excluding hydrogens is 248 g/mol. The Balaban J connectivity index is 2.08. The molecule has 0 radical (unpaired) electrons. The van der Waals surface area contributed by atoms with Crippen molar-refractivity contribution in [2.75, 3.05) is 13.1 Å². The van der Waals surface area contributed by atoms with Gasteiger partial charge in [0.15, 0.2) is 0 Å². The minimum absolute atomic E-state index is 0.221. The molecule has 2 unspecified atom stereocenters. The molecule has 1 saturated heterocycles. The van der Waals surface area contributed by atoms with Crippen LogP contribution in [0, 0.1) is 28.6 Å². The third-order valence-corrected chi connectivity index (χ3v) is 5.93. The van der Waals surface area contributed by atoms with E-state index in [1.165, 1.54) is 12.8 Å². The topological polar surface area (TPSA) is 56.0 Å². The lowest BCUT2D eigenvalue weighted by molar-refractivity contribution is -0.111. The molecule has 0 aromatic rings. The van der Waals surface area contributed by atoms with E-state index in [4.69, 9.17) is 0 Å². The molecule has 2 aliphatic rings. The number of hydrogen-bond donors (Lipinski definition) is 2. The Labute approximate surface area is 123 Å². The van der Waals surface area contributed by atoms with E-state index >= 15 is 0 Å². The molecule has 1 heterocycles. The van der Waals surface area contributed by atoms with Crippen molar-refractivity contribution in [2.45, 2.75) is 70.8 Å². The normalized spacial score (nSPS) is 37.9. The number of hydrogen-bond acceptors (Lipinski definition) is 3. The molecule has 2 fully saturated rings. The van der Waals surface area contributed by atoms with E-state index in [1.54, 1.807) is 0 Å². The summed E-state index contributed by atoms with van der Waals surface area (Å²) in [5, 5.41) is 24.3. The molecule has 0 bridgehead atoms. The van der Waals surface area contributed by atoms with Gasteiger partial charge >= 0.3 is 0 Å². The molecule has 2 rings (SSSR count). The standard InChI is InChI=1S/C17H30N2O/c1-3-5-14-7-9-17(13-18,10-8-14)16(2,20)15-6-4-11-19-12-15/h14-15,19-20H,3-12H2,1-2H3. The van der Waals surface area contributed by atoms with Gasteiger partial charge in [-0.3, -0.25) is 0 Å². The van der Waals surface area contributed by atoms with E-state index in [9.17, 15) is 10.4 Å². The van der Waals surface area contributed by atoms with Crippen molar-refractivity contribution in [3.05, 3.63) is 0 Å². The second-order valence-corrected chi connectivity index (χ2v) is 7.12. The summed E-state index contributed by atoms with van der Waals surface area (Å²) in [6.45, 7) is 6.06. The Bertz CT molecular complexity index is 344. The van der Waals surface area contributed by atoms with Crippen LogP contribution in [0.4, 0.5) is 0 Å². The average Bonchev–Trinajstić information content (AvgIpc) is 2.49. The lowest BCUT2D eigenvalue weighted by Gasteiger charge is -2.49. The van der Waals surface area contributed by atoms with Crippen LogP contribution in [0.1, 0.15) is 65.2 Å². The quantitative estimate of drug-likeness (QED) is 0.830. The zero-order chi connectivity index (χ0) is 14.6. The SMILES string of the molecule is CCCC1CCC(C#N)(C(C)(O)C2CCCNC2)CC1. The molecule has 1 aliphatic carbocycles. The molecular formula is C17H30N2O. The Morgan fingerprint density at radius 2 is 2.05 bits per heavy atom. The fraction of sp³-hybridized carbons (Fsp3) is 0.941. The summed E-state index contributed by atoms with van der Waals surface area (Å²) >= 11 is 0. The molecule has 0 aromatic heterocycles. The number of nitriles is 1. The van der Waals surface area contributed by atoms with Crippen molar-refractivity contribution >= 4 is 0 Å². The highest BCUT2D eigenvalue weighted by Crippen LogP contribution is 2.50. The highest BCUT2D eigenvalue weighted by Gasteiger charge is 2.53. The molecule has 0 spiro atoms. The lowest BCUT2D eigenvalue weighted by Crippen LogP contribution is -2.56. The first-order valence-electron chi connectivity index (χ1n) is 8.40. The summed E-state index contributed by atoms with van der Waals surface area (Å²) < 4.78 is 0. The van der Waals surface area contributed by atoms with Crippen LogP contribution in [0.15, 0.2) is 0 Å². The monoisotopic (exact) mass is 278 g/mol. The first-order chi connectivity index (χ1) is 9.55. The lowest BCUT2D eigenvalue weighted by atomic mass is 9.58. The first kappa shape index (κ1) is 15.8. The zero-order valence-electron chi connectivity index (χ0n) is 13.1. The molecule has 1 saturated carbocycles. The van der Waals surface area contributed by atoms with Gasteiger partial charge in [0.25, 0.3) is 0 Å². The predicted octanol–water partition coefficient (Wildman–Crippen LogP) is 3.24. The van der Waals surface area contributed by atoms with Gasteiger partial charge in [-0.2, -0.15) is 5.26 Å². The van der Waals surface area contributed by atoms with Crippen LogP contribution in [0.25, 0.3) is 0 Å². The zero-order valence-corrected chi connectivity index (χ0v) is 13.1. The number of aliphatic hydroxyl groups is 1. The van der Waals surface area contributed by atoms with E-state index < -0.39 is 11.0 Å². The van der Waals surface area contributed by atoms with Crippen LogP contribution < -0.4 is 5.32 Å². The van der Waals surface area contributed by atoms with Crippen molar-refractivity contribution in [1.29, 1.82) is 5.26 Å². The van der Waals surface area contributed by atoms with E-state index in [0.717, 1.165) is 57.5 Å². The van der Waals surface area contributed by atoms with E-state index in [2.05, 4.69) is 18.3 Å². The Kier molecular flexibility index (Phi) is 5.09. The van der Waals surface area contributed by atoms with Gasteiger partial charge in [-0.25, -0.2) is 0 Å². The summed E-state index contributed by atoms with van der Waals surface area (Å²) in [6, 6.07) is 2.54. The van der Waals surface area contributed by atoms with E-state index in [0.29, 0.717) is 0 Å². The van der Waals surface area contributed by atoms with Gasteiger partial charge in [0.2, 0.25) is 0 Å². The van der Waals surface area contributed by atoms with Crippen molar-refractivity contribution in [3.63, 3.8) is 0 Å². The Hall–Kier alpha value is -0.590. The van der Waals surface area contributed by atoms with Gasteiger partial charge in [-0.05, 0) is 57.9 Å². The molecule has 2 N–H and O–H groups in total. The fourth-order valence-electron chi connectivity index (χ4n) is 4.32. The minimum atomic E-state index is -0.855. The number of nitrogens with one attached hydrogen (secondary N) is 1. The largest absolute Gasteiger partial charge is 0.388 e. The van der Waals surface area contributed by atoms with Crippen molar-refractivity contribution in [2.24, 2.45) is 17.3 Å². The summed E-state index contributed by atoms with van der Waals surface area (Å²) in [4.78, 5) is 0. The van der Waals surface area contributed by atoms with E-state index in [-0.39, 0.29) is 5.92 Å². The molecule has 1 aliphatic heterocycles. The molecule has 3 nitrogen and oxygen atoms in total.